The molecule has 0 aromatic carbocycles. The van der Waals surface area contributed by atoms with Crippen LogP contribution in [0.2, 0.25) is 0 Å². The first-order chi connectivity index (χ1) is 9.61. The highest BCUT2D eigenvalue weighted by molar-refractivity contribution is 5.95. The Bertz CT molecular complexity index is 664. The van der Waals surface area contributed by atoms with Gasteiger partial charge in [0.25, 0.3) is 5.91 Å². The van der Waals surface area contributed by atoms with Crippen molar-refractivity contribution in [2.45, 2.75) is 32.7 Å². The third-order valence-corrected chi connectivity index (χ3v) is 3.93. The Kier molecular flexibility index (Phi) is 3.17. The minimum absolute atomic E-state index is 0.0152. The summed E-state index contributed by atoms with van der Waals surface area (Å²) in [5, 5.41) is 13.7. The molecule has 1 atom stereocenters. The first kappa shape index (κ1) is 13.1. The van der Waals surface area contributed by atoms with Crippen molar-refractivity contribution in [1.82, 2.24) is 19.5 Å². The summed E-state index contributed by atoms with van der Waals surface area (Å²) in [6, 6.07) is 1.81. The number of rotatable bonds is 2. The fraction of sp³-hybridized carbons (Fsp3) is 0.500. The lowest BCUT2D eigenvalue weighted by Gasteiger charge is -2.23. The topological polar surface area (TPSA) is 70.7 Å². The van der Waals surface area contributed by atoms with Crippen LogP contribution in [-0.2, 0) is 0 Å². The molecule has 1 N–H and O–H groups in total. The molecule has 0 spiro atoms. The lowest BCUT2D eigenvalue weighted by Crippen LogP contribution is -2.38. The van der Waals surface area contributed by atoms with Gasteiger partial charge in [0.15, 0.2) is 5.65 Å². The number of aromatic nitrogens is 3. The summed E-state index contributed by atoms with van der Waals surface area (Å²) >= 11 is 0. The first-order valence-corrected chi connectivity index (χ1v) is 6.85. The molecule has 1 aliphatic heterocycles. The zero-order valence-corrected chi connectivity index (χ0v) is 11.7. The molecule has 2 aromatic heterocycles. The van der Waals surface area contributed by atoms with Gasteiger partial charge in [0, 0.05) is 18.8 Å². The van der Waals surface area contributed by atoms with Crippen molar-refractivity contribution in [2.24, 2.45) is 0 Å². The van der Waals surface area contributed by atoms with E-state index in [1.54, 1.807) is 15.6 Å². The zero-order valence-electron chi connectivity index (χ0n) is 11.7. The van der Waals surface area contributed by atoms with Gasteiger partial charge < -0.3 is 10.0 Å². The van der Waals surface area contributed by atoms with E-state index in [-0.39, 0.29) is 18.6 Å². The summed E-state index contributed by atoms with van der Waals surface area (Å²) in [6.45, 7) is 4.48. The van der Waals surface area contributed by atoms with Crippen LogP contribution in [0.5, 0.6) is 0 Å². The molecule has 0 unspecified atom stereocenters. The molecule has 3 rings (SSSR count). The quantitative estimate of drug-likeness (QED) is 0.885. The highest BCUT2D eigenvalue weighted by Crippen LogP contribution is 2.21. The van der Waals surface area contributed by atoms with Crippen molar-refractivity contribution in [3.8, 4) is 0 Å². The van der Waals surface area contributed by atoms with Gasteiger partial charge in [-0.05, 0) is 26.7 Å². The number of carbonyl (C=O) groups is 1. The van der Waals surface area contributed by atoms with E-state index in [9.17, 15) is 9.90 Å². The largest absolute Gasteiger partial charge is 0.394 e. The number of hydrogen-bond donors (Lipinski definition) is 1. The smallest absolute Gasteiger partial charge is 0.257 e. The average Bonchev–Trinajstić information content (AvgIpc) is 3.04. The van der Waals surface area contributed by atoms with E-state index in [0.717, 1.165) is 29.9 Å². The van der Waals surface area contributed by atoms with E-state index < -0.39 is 0 Å². The fourth-order valence-electron chi connectivity index (χ4n) is 2.82. The number of nitrogens with zero attached hydrogens (tertiary/aromatic N) is 4. The number of aliphatic hydroxyl groups excluding tert-OH is 1. The summed E-state index contributed by atoms with van der Waals surface area (Å²) in [4.78, 5) is 18.7. The molecule has 1 saturated heterocycles. The minimum Gasteiger partial charge on any atom is -0.394 e. The molecule has 106 valence electrons. The Morgan fingerprint density at radius 1 is 1.50 bits per heavy atom. The maximum absolute atomic E-state index is 12.6. The second kappa shape index (κ2) is 4.86. The molecule has 0 radical (unpaired) electrons. The van der Waals surface area contributed by atoms with Crippen LogP contribution in [0.15, 0.2) is 12.3 Å². The number of aliphatic hydroxyl groups is 1. The number of amides is 1. The van der Waals surface area contributed by atoms with Gasteiger partial charge in [0.1, 0.15) is 0 Å². The molecule has 1 fully saturated rings. The molecule has 0 bridgehead atoms. The van der Waals surface area contributed by atoms with E-state index in [1.165, 1.54) is 0 Å². The first-order valence-electron chi connectivity index (χ1n) is 6.85. The third-order valence-electron chi connectivity index (χ3n) is 3.93. The van der Waals surface area contributed by atoms with Crippen LogP contribution in [0.25, 0.3) is 5.65 Å². The van der Waals surface area contributed by atoms with E-state index in [1.807, 2.05) is 19.9 Å². The summed E-state index contributed by atoms with van der Waals surface area (Å²) in [5.74, 6) is -0.0680. The molecular formula is C14H18N4O2. The standard InChI is InChI=1S/C14H18N4O2/c1-9-6-13-15-7-12(10(2)18(13)16-9)14(20)17-5-3-4-11(17)8-19/h6-7,11,19H,3-5,8H2,1-2H3/t11-/m1/s1. The van der Waals surface area contributed by atoms with Crippen molar-refractivity contribution < 1.29 is 9.90 Å². The summed E-state index contributed by atoms with van der Waals surface area (Å²) in [6.07, 6.45) is 3.41. The van der Waals surface area contributed by atoms with E-state index >= 15 is 0 Å². The summed E-state index contributed by atoms with van der Waals surface area (Å²) < 4.78 is 1.70. The monoisotopic (exact) mass is 274 g/mol. The fourth-order valence-corrected chi connectivity index (χ4v) is 2.82. The number of likely N-dealkylation sites (tertiary alicyclic amines) is 1. The lowest BCUT2D eigenvalue weighted by atomic mass is 10.2. The third kappa shape index (κ3) is 1.96. The molecule has 1 amide bonds. The van der Waals surface area contributed by atoms with Crippen LogP contribution in [0.3, 0.4) is 0 Å². The molecule has 0 saturated carbocycles. The maximum Gasteiger partial charge on any atom is 0.257 e. The van der Waals surface area contributed by atoms with Gasteiger partial charge >= 0.3 is 0 Å². The number of hydrogen-bond acceptors (Lipinski definition) is 4. The van der Waals surface area contributed by atoms with E-state index in [2.05, 4.69) is 10.1 Å². The molecular weight excluding hydrogens is 256 g/mol. The molecule has 6 nitrogen and oxygen atoms in total. The van der Waals surface area contributed by atoms with E-state index in [4.69, 9.17) is 0 Å². The zero-order chi connectivity index (χ0) is 14.3. The van der Waals surface area contributed by atoms with Crippen molar-refractivity contribution in [3.63, 3.8) is 0 Å². The molecule has 2 aromatic rings. The Hall–Kier alpha value is -1.95. The van der Waals surface area contributed by atoms with Crippen LogP contribution in [0.1, 0.15) is 34.6 Å². The predicted molar refractivity (Wildman–Crippen MR) is 73.6 cm³/mol. The summed E-state index contributed by atoms with van der Waals surface area (Å²) in [7, 11) is 0. The van der Waals surface area contributed by atoms with Crippen LogP contribution >= 0.6 is 0 Å². The van der Waals surface area contributed by atoms with Crippen LogP contribution in [0.4, 0.5) is 0 Å². The predicted octanol–water partition coefficient (Wildman–Crippen LogP) is 0.943. The number of fused-ring (bicyclic) bond motifs is 1. The Labute approximate surface area is 117 Å². The van der Waals surface area contributed by atoms with Crippen molar-refractivity contribution in [1.29, 1.82) is 0 Å². The van der Waals surface area contributed by atoms with Crippen molar-refractivity contribution >= 4 is 11.6 Å². The van der Waals surface area contributed by atoms with Gasteiger partial charge in [0.2, 0.25) is 0 Å². The van der Waals surface area contributed by atoms with Gasteiger partial charge in [0.05, 0.1) is 29.6 Å². The Morgan fingerprint density at radius 2 is 2.30 bits per heavy atom. The molecule has 3 heterocycles. The van der Waals surface area contributed by atoms with Crippen molar-refractivity contribution in [3.05, 3.63) is 29.2 Å². The van der Waals surface area contributed by atoms with Crippen LogP contribution in [0, 0.1) is 13.8 Å². The number of aryl methyl sites for hydroxylation is 2. The van der Waals surface area contributed by atoms with Gasteiger partial charge in [-0.15, -0.1) is 0 Å². The molecule has 0 aliphatic carbocycles. The molecule has 1 aliphatic rings. The van der Waals surface area contributed by atoms with Gasteiger partial charge in [-0.2, -0.15) is 5.10 Å². The Balaban J connectivity index is 2.01. The van der Waals surface area contributed by atoms with Gasteiger partial charge in [-0.3, -0.25) is 4.79 Å². The maximum atomic E-state index is 12.6. The molecule has 6 heteroatoms. The normalized spacial score (nSPS) is 18.9. The van der Waals surface area contributed by atoms with Crippen molar-refractivity contribution in [2.75, 3.05) is 13.2 Å². The molecule has 20 heavy (non-hydrogen) atoms. The number of carbonyl (C=O) groups excluding carboxylic acids is 1. The van der Waals surface area contributed by atoms with E-state index in [0.29, 0.717) is 12.1 Å². The van der Waals surface area contributed by atoms with Gasteiger partial charge in [-0.1, -0.05) is 0 Å². The van der Waals surface area contributed by atoms with Crippen LogP contribution < -0.4 is 0 Å². The minimum atomic E-state index is -0.0723. The highest BCUT2D eigenvalue weighted by atomic mass is 16.3. The SMILES string of the molecule is Cc1cc2ncc(C(=O)N3CCC[C@@H]3CO)c(C)n2n1. The Morgan fingerprint density at radius 3 is 3.05 bits per heavy atom. The average molecular weight is 274 g/mol. The summed E-state index contributed by atoms with van der Waals surface area (Å²) in [5.41, 5.74) is 2.97. The van der Waals surface area contributed by atoms with Gasteiger partial charge in [-0.25, -0.2) is 9.50 Å². The second-order valence-electron chi connectivity index (χ2n) is 5.29. The lowest BCUT2D eigenvalue weighted by molar-refractivity contribution is 0.0675. The second-order valence-corrected chi connectivity index (χ2v) is 5.29. The highest BCUT2D eigenvalue weighted by Gasteiger charge is 2.30. The van der Waals surface area contributed by atoms with Crippen LogP contribution in [-0.4, -0.2) is 49.7 Å².